The van der Waals surface area contributed by atoms with Gasteiger partial charge in [0.2, 0.25) is 0 Å². The SMILES string of the molecule is CCc1cc(OC(F)(F)C(F)F)ccc1C(=O)O. The second kappa shape index (κ2) is 5.24. The van der Waals surface area contributed by atoms with Crippen molar-refractivity contribution in [1.29, 1.82) is 0 Å². The summed E-state index contributed by atoms with van der Waals surface area (Å²) in [6, 6.07) is 2.97. The normalized spacial score (nSPS) is 11.7. The first kappa shape index (κ1) is 14.3. The lowest BCUT2D eigenvalue weighted by atomic mass is 10.1. The van der Waals surface area contributed by atoms with Gasteiger partial charge in [-0.15, -0.1) is 0 Å². The summed E-state index contributed by atoms with van der Waals surface area (Å²) in [5, 5.41) is 8.80. The third-order valence-corrected chi connectivity index (χ3v) is 2.20. The van der Waals surface area contributed by atoms with E-state index < -0.39 is 24.3 Å². The Morgan fingerprint density at radius 2 is 2.06 bits per heavy atom. The molecule has 18 heavy (non-hydrogen) atoms. The highest BCUT2D eigenvalue weighted by Gasteiger charge is 2.44. The average molecular weight is 266 g/mol. The van der Waals surface area contributed by atoms with Crippen LogP contribution in [0.2, 0.25) is 0 Å². The van der Waals surface area contributed by atoms with E-state index in [2.05, 4.69) is 4.74 Å². The first-order chi connectivity index (χ1) is 8.27. The molecule has 0 aliphatic heterocycles. The molecule has 1 N–H and O–H groups in total. The maximum absolute atomic E-state index is 12.6. The van der Waals surface area contributed by atoms with Crippen molar-refractivity contribution in [2.45, 2.75) is 25.9 Å². The Labute approximate surface area is 100.0 Å². The van der Waals surface area contributed by atoms with E-state index in [0.717, 1.165) is 18.2 Å². The fourth-order valence-corrected chi connectivity index (χ4v) is 1.34. The minimum atomic E-state index is -4.60. The molecule has 1 aromatic rings. The van der Waals surface area contributed by atoms with Crippen LogP contribution >= 0.6 is 0 Å². The topological polar surface area (TPSA) is 46.5 Å². The van der Waals surface area contributed by atoms with Gasteiger partial charge in [0.25, 0.3) is 0 Å². The number of carboxylic acid groups (broad SMARTS) is 1. The maximum atomic E-state index is 12.6. The van der Waals surface area contributed by atoms with Crippen LogP contribution < -0.4 is 4.74 Å². The standard InChI is InChI=1S/C11H10F4O3/c1-2-6-5-7(3-4-8(6)9(16)17)18-11(14,15)10(12)13/h3-5,10H,2H2,1H3,(H,16,17). The quantitative estimate of drug-likeness (QED) is 0.832. The average Bonchev–Trinajstić information content (AvgIpc) is 2.27. The number of rotatable bonds is 5. The van der Waals surface area contributed by atoms with Crippen LogP contribution in [0, 0.1) is 0 Å². The van der Waals surface area contributed by atoms with E-state index in [1.54, 1.807) is 6.92 Å². The number of aryl methyl sites for hydroxylation is 1. The van der Waals surface area contributed by atoms with E-state index in [9.17, 15) is 22.4 Å². The largest absolute Gasteiger partial charge is 0.478 e. The van der Waals surface area contributed by atoms with Gasteiger partial charge in [-0.2, -0.15) is 17.6 Å². The van der Waals surface area contributed by atoms with E-state index in [1.165, 1.54) is 0 Å². The van der Waals surface area contributed by atoms with Gasteiger partial charge in [-0.05, 0) is 30.2 Å². The van der Waals surface area contributed by atoms with Crippen molar-refractivity contribution in [2.75, 3.05) is 0 Å². The van der Waals surface area contributed by atoms with Gasteiger partial charge in [0.15, 0.2) is 0 Å². The molecule has 0 bridgehead atoms. The smallest absolute Gasteiger partial charge is 0.461 e. The molecule has 0 aromatic heterocycles. The molecule has 7 heteroatoms. The number of ether oxygens (including phenoxy) is 1. The number of carbonyl (C=O) groups is 1. The fraction of sp³-hybridized carbons (Fsp3) is 0.364. The zero-order chi connectivity index (χ0) is 13.9. The van der Waals surface area contributed by atoms with Gasteiger partial charge in [0.1, 0.15) is 5.75 Å². The first-order valence-corrected chi connectivity index (χ1v) is 4.99. The number of benzene rings is 1. The number of carboxylic acids is 1. The van der Waals surface area contributed by atoms with Crippen LogP contribution in [0.5, 0.6) is 5.75 Å². The summed E-state index contributed by atoms with van der Waals surface area (Å²) in [4.78, 5) is 10.8. The van der Waals surface area contributed by atoms with Gasteiger partial charge in [-0.1, -0.05) is 6.92 Å². The number of hydrogen-bond acceptors (Lipinski definition) is 2. The van der Waals surface area contributed by atoms with Crippen LogP contribution in [0.25, 0.3) is 0 Å². The van der Waals surface area contributed by atoms with Crippen molar-refractivity contribution < 1.29 is 32.2 Å². The molecule has 0 spiro atoms. The molecule has 0 amide bonds. The summed E-state index contributed by atoms with van der Waals surface area (Å²) in [7, 11) is 0. The van der Waals surface area contributed by atoms with Gasteiger partial charge >= 0.3 is 18.5 Å². The van der Waals surface area contributed by atoms with Gasteiger partial charge in [0.05, 0.1) is 5.56 Å². The lowest BCUT2D eigenvalue weighted by Crippen LogP contribution is -2.33. The lowest BCUT2D eigenvalue weighted by molar-refractivity contribution is -0.253. The molecule has 0 saturated carbocycles. The van der Waals surface area contributed by atoms with Crippen LogP contribution in [0.3, 0.4) is 0 Å². The molecule has 0 radical (unpaired) electrons. The molecular formula is C11H10F4O3. The van der Waals surface area contributed by atoms with E-state index in [0.29, 0.717) is 0 Å². The molecule has 1 rings (SSSR count). The van der Waals surface area contributed by atoms with E-state index in [-0.39, 0.29) is 17.5 Å². The van der Waals surface area contributed by atoms with Crippen LogP contribution in [0.15, 0.2) is 18.2 Å². The minimum absolute atomic E-state index is 0.0785. The first-order valence-electron chi connectivity index (χ1n) is 4.99. The molecule has 0 atom stereocenters. The van der Waals surface area contributed by atoms with Crippen LogP contribution in [-0.4, -0.2) is 23.6 Å². The number of aromatic carboxylic acids is 1. The highest BCUT2D eigenvalue weighted by atomic mass is 19.3. The second-order valence-corrected chi connectivity index (χ2v) is 3.44. The number of alkyl halides is 4. The van der Waals surface area contributed by atoms with E-state index in [4.69, 9.17) is 5.11 Å². The molecule has 1 aromatic carbocycles. The van der Waals surface area contributed by atoms with Crippen molar-refractivity contribution in [1.82, 2.24) is 0 Å². The highest BCUT2D eigenvalue weighted by molar-refractivity contribution is 5.89. The Morgan fingerprint density at radius 1 is 1.44 bits per heavy atom. The molecule has 0 saturated heterocycles. The zero-order valence-electron chi connectivity index (χ0n) is 9.29. The molecule has 3 nitrogen and oxygen atoms in total. The van der Waals surface area contributed by atoms with Crippen molar-refractivity contribution in [3.05, 3.63) is 29.3 Å². The van der Waals surface area contributed by atoms with Crippen molar-refractivity contribution in [3.63, 3.8) is 0 Å². The third-order valence-electron chi connectivity index (χ3n) is 2.20. The second-order valence-electron chi connectivity index (χ2n) is 3.44. The van der Waals surface area contributed by atoms with Gasteiger partial charge < -0.3 is 9.84 Å². The predicted octanol–water partition coefficient (Wildman–Crippen LogP) is 3.18. The Bertz CT molecular complexity index is 446. The van der Waals surface area contributed by atoms with Crippen LogP contribution in [0.4, 0.5) is 17.6 Å². The monoisotopic (exact) mass is 266 g/mol. The Morgan fingerprint density at radius 3 is 2.50 bits per heavy atom. The molecule has 0 aliphatic carbocycles. The summed E-state index contributed by atoms with van der Waals surface area (Å²) in [6.07, 6.45) is -8.31. The van der Waals surface area contributed by atoms with Gasteiger partial charge in [-0.25, -0.2) is 4.79 Å². The summed E-state index contributed by atoms with van der Waals surface area (Å²) >= 11 is 0. The summed E-state index contributed by atoms with van der Waals surface area (Å²) < 4.78 is 53.0. The minimum Gasteiger partial charge on any atom is -0.478 e. The Hall–Kier alpha value is -1.79. The Balaban J connectivity index is 3.03. The summed E-state index contributed by atoms with van der Waals surface area (Å²) in [5.74, 6) is -1.72. The highest BCUT2D eigenvalue weighted by Crippen LogP contribution is 2.28. The molecule has 0 fully saturated rings. The molecule has 100 valence electrons. The van der Waals surface area contributed by atoms with E-state index >= 15 is 0 Å². The number of halogens is 4. The third kappa shape index (κ3) is 3.12. The summed E-state index contributed by atoms with van der Waals surface area (Å²) in [5.41, 5.74) is 0.148. The van der Waals surface area contributed by atoms with Crippen molar-refractivity contribution in [2.24, 2.45) is 0 Å². The van der Waals surface area contributed by atoms with Gasteiger partial charge in [-0.3, -0.25) is 0 Å². The van der Waals surface area contributed by atoms with E-state index in [1.807, 2.05) is 0 Å². The van der Waals surface area contributed by atoms with Crippen LogP contribution in [0.1, 0.15) is 22.8 Å². The van der Waals surface area contributed by atoms with Crippen molar-refractivity contribution in [3.8, 4) is 5.75 Å². The maximum Gasteiger partial charge on any atom is 0.461 e. The fourth-order valence-electron chi connectivity index (χ4n) is 1.34. The number of hydrogen-bond donors (Lipinski definition) is 1. The molecule has 0 unspecified atom stereocenters. The van der Waals surface area contributed by atoms with Gasteiger partial charge in [0, 0.05) is 0 Å². The van der Waals surface area contributed by atoms with Crippen molar-refractivity contribution >= 4 is 5.97 Å². The molecule has 0 aliphatic rings. The lowest BCUT2D eigenvalue weighted by Gasteiger charge is -2.17. The van der Waals surface area contributed by atoms with Crippen LogP contribution in [-0.2, 0) is 6.42 Å². The predicted molar refractivity (Wildman–Crippen MR) is 54.4 cm³/mol. The zero-order valence-corrected chi connectivity index (χ0v) is 9.29. The molecular weight excluding hydrogens is 256 g/mol. The Kier molecular flexibility index (Phi) is 4.15. The summed E-state index contributed by atoms with van der Waals surface area (Å²) in [6.45, 7) is 1.61. The molecule has 0 heterocycles.